The molecule has 134 valence electrons. The summed E-state index contributed by atoms with van der Waals surface area (Å²) in [4.78, 5) is 24.8. The highest BCUT2D eigenvalue weighted by Crippen LogP contribution is 2.33. The summed E-state index contributed by atoms with van der Waals surface area (Å²) in [5, 5.41) is 55.3. The molecule has 2 amide bonds. The van der Waals surface area contributed by atoms with E-state index in [1.807, 2.05) is 5.32 Å². The van der Waals surface area contributed by atoms with E-state index in [0.29, 0.717) is 0 Å². The molecule has 3 aliphatic heterocycles. The van der Waals surface area contributed by atoms with Gasteiger partial charge in [0.1, 0.15) is 11.7 Å². The highest BCUT2D eigenvalue weighted by atomic mass is 16.5. The predicted octanol–water partition coefficient (Wildman–Crippen LogP) is -3.47. The van der Waals surface area contributed by atoms with Crippen molar-refractivity contribution in [2.24, 2.45) is 5.16 Å². The van der Waals surface area contributed by atoms with Gasteiger partial charge in [-0.2, -0.15) is 0 Å². The van der Waals surface area contributed by atoms with Crippen LogP contribution in [0.4, 0.5) is 0 Å². The molecular formula is C13H19N3O8. The minimum atomic E-state index is -2.43. The maximum Gasteiger partial charge on any atom is 0.280 e. The molecule has 3 aliphatic rings. The summed E-state index contributed by atoms with van der Waals surface area (Å²) in [6, 6.07) is 0. The van der Waals surface area contributed by atoms with Gasteiger partial charge in [-0.1, -0.05) is 5.16 Å². The fourth-order valence-corrected chi connectivity index (χ4v) is 2.58. The Balaban J connectivity index is 2.47. The molecule has 0 unspecified atom stereocenters. The SMILES string of the molecule is C[C@@](O)(CO)[C@@H](O)[C@@]12NC(=O)[C@@](O)(NC1=O)/C(=C/C=N/O)CCO2. The molecule has 3 fully saturated rings. The van der Waals surface area contributed by atoms with Crippen molar-refractivity contribution in [2.75, 3.05) is 13.2 Å². The lowest BCUT2D eigenvalue weighted by Gasteiger charge is -2.49. The summed E-state index contributed by atoms with van der Waals surface area (Å²) in [5.74, 6) is -2.23. The zero-order chi connectivity index (χ0) is 18.2. The molecule has 3 heterocycles. The van der Waals surface area contributed by atoms with Crippen molar-refractivity contribution in [1.29, 1.82) is 0 Å². The summed E-state index contributed by atoms with van der Waals surface area (Å²) in [5.41, 5.74) is -6.99. The molecule has 0 spiro atoms. The number of carbonyl (C=O) groups is 2. The van der Waals surface area contributed by atoms with E-state index in [-0.39, 0.29) is 18.6 Å². The summed E-state index contributed by atoms with van der Waals surface area (Å²) in [6.07, 6.45) is -0.0388. The van der Waals surface area contributed by atoms with Crippen LogP contribution in [0.5, 0.6) is 0 Å². The zero-order valence-electron chi connectivity index (χ0n) is 12.8. The van der Waals surface area contributed by atoms with Crippen molar-refractivity contribution in [3.63, 3.8) is 0 Å². The van der Waals surface area contributed by atoms with Gasteiger partial charge < -0.3 is 41.0 Å². The molecule has 11 heteroatoms. The van der Waals surface area contributed by atoms with Crippen LogP contribution < -0.4 is 10.6 Å². The van der Waals surface area contributed by atoms with Crippen LogP contribution in [-0.2, 0) is 14.3 Å². The first-order valence-electron chi connectivity index (χ1n) is 7.04. The normalized spacial score (nSPS) is 36.0. The highest BCUT2D eigenvalue weighted by Gasteiger charge is 2.63. The smallest absolute Gasteiger partial charge is 0.280 e. The molecule has 0 saturated carbocycles. The average Bonchev–Trinajstić information content (AvgIpc) is 2.53. The molecule has 0 aromatic rings. The van der Waals surface area contributed by atoms with Crippen LogP contribution in [0.25, 0.3) is 0 Å². The number of fused-ring (bicyclic) bond motifs is 5. The van der Waals surface area contributed by atoms with Crippen molar-refractivity contribution in [3.05, 3.63) is 11.6 Å². The van der Waals surface area contributed by atoms with E-state index >= 15 is 0 Å². The lowest BCUT2D eigenvalue weighted by atomic mass is 9.84. The third-order valence-corrected chi connectivity index (χ3v) is 4.06. The Bertz CT molecular complexity index is 604. The van der Waals surface area contributed by atoms with Gasteiger partial charge in [0.2, 0.25) is 5.72 Å². The molecule has 11 nitrogen and oxygen atoms in total. The molecule has 0 aliphatic carbocycles. The third kappa shape index (κ3) is 2.65. The monoisotopic (exact) mass is 345 g/mol. The number of ether oxygens (including phenoxy) is 1. The minimum absolute atomic E-state index is 0.0112. The van der Waals surface area contributed by atoms with Gasteiger partial charge in [0, 0.05) is 0 Å². The summed E-state index contributed by atoms with van der Waals surface area (Å²) < 4.78 is 5.32. The molecular weight excluding hydrogens is 326 g/mol. The molecule has 2 bridgehead atoms. The molecule has 0 radical (unpaired) electrons. The average molecular weight is 345 g/mol. The summed E-state index contributed by atoms with van der Waals surface area (Å²) in [6.45, 7) is -0.0810. The highest BCUT2D eigenvalue weighted by molar-refractivity contribution is 6.03. The number of aliphatic hydroxyl groups excluding tert-OH is 2. The van der Waals surface area contributed by atoms with Gasteiger partial charge >= 0.3 is 0 Å². The van der Waals surface area contributed by atoms with E-state index in [2.05, 4.69) is 10.5 Å². The second kappa shape index (κ2) is 6.11. The minimum Gasteiger partial charge on any atom is -0.411 e. The Labute approximate surface area is 136 Å². The first kappa shape index (κ1) is 18.3. The first-order valence-corrected chi connectivity index (χ1v) is 7.04. The Morgan fingerprint density at radius 3 is 2.67 bits per heavy atom. The van der Waals surface area contributed by atoms with Gasteiger partial charge in [-0.25, -0.2) is 0 Å². The van der Waals surface area contributed by atoms with E-state index < -0.39 is 41.6 Å². The number of oxime groups is 1. The van der Waals surface area contributed by atoms with E-state index in [4.69, 9.17) is 9.94 Å². The molecule has 3 rings (SSSR count). The second-order valence-electron chi connectivity index (χ2n) is 5.83. The Hall–Kier alpha value is -2.05. The topological polar surface area (TPSA) is 181 Å². The van der Waals surface area contributed by atoms with Crippen LogP contribution in [0.3, 0.4) is 0 Å². The second-order valence-corrected chi connectivity index (χ2v) is 5.83. The van der Waals surface area contributed by atoms with Crippen LogP contribution in [0.1, 0.15) is 13.3 Å². The zero-order valence-corrected chi connectivity index (χ0v) is 12.8. The third-order valence-electron chi connectivity index (χ3n) is 4.06. The maximum atomic E-state index is 12.5. The Morgan fingerprint density at radius 1 is 1.42 bits per heavy atom. The van der Waals surface area contributed by atoms with Crippen LogP contribution in [0.15, 0.2) is 16.8 Å². The van der Waals surface area contributed by atoms with E-state index in [1.54, 1.807) is 0 Å². The summed E-state index contributed by atoms with van der Waals surface area (Å²) in [7, 11) is 0. The molecule has 24 heavy (non-hydrogen) atoms. The maximum absolute atomic E-state index is 12.5. The standard InChI is InChI=1S/C13H19N3O8/c1-11(21,6-17)8(18)13-10(20)15-12(22,9(19)16-13)7(2-4-14-23)3-5-24-13/h2,4,8,17-18,21-23H,3,5-6H2,1H3,(H,15,20)(H,16,19)/b7-2+,14-4+/t8-,11-,12-,13+/m1/s1. The number of nitrogens with one attached hydrogen (secondary N) is 2. The van der Waals surface area contributed by atoms with Crippen molar-refractivity contribution >= 4 is 18.0 Å². The van der Waals surface area contributed by atoms with Crippen molar-refractivity contribution in [1.82, 2.24) is 10.6 Å². The van der Waals surface area contributed by atoms with Crippen molar-refractivity contribution < 1.29 is 40.0 Å². The number of hydrogen-bond acceptors (Lipinski definition) is 9. The number of carbonyl (C=O) groups excluding carboxylic acids is 2. The molecule has 0 aromatic heterocycles. The Kier molecular flexibility index (Phi) is 4.65. The fraction of sp³-hybridized carbons (Fsp3) is 0.615. The fourth-order valence-electron chi connectivity index (χ4n) is 2.58. The van der Waals surface area contributed by atoms with Gasteiger partial charge in [-0.05, 0) is 25.0 Å². The first-order chi connectivity index (χ1) is 11.1. The molecule has 3 saturated heterocycles. The molecule has 7 N–H and O–H groups in total. The van der Waals surface area contributed by atoms with Gasteiger partial charge in [0.05, 0.1) is 19.4 Å². The number of nitrogens with zero attached hydrogens (tertiary/aromatic N) is 1. The number of amides is 2. The number of hydrogen-bond donors (Lipinski definition) is 7. The van der Waals surface area contributed by atoms with Gasteiger partial charge in [0.15, 0.2) is 0 Å². The quantitative estimate of drug-likeness (QED) is 0.156. The van der Waals surface area contributed by atoms with Gasteiger partial charge in [-0.15, -0.1) is 0 Å². The molecule has 0 aromatic carbocycles. The van der Waals surface area contributed by atoms with Crippen molar-refractivity contribution in [2.45, 2.75) is 36.5 Å². The van der Waals surface area contributed by atoms with Crippen LogP contribution in [-0.4, -0.2) is 80.0 Å². The lowest BCUT2D eigenvalue weighted by Crippen LogP contribution is -2.82. The van der Waals surface area contributed by atoms with E-state index in [0.717, 1.165) is 19.2 Å². The lowest BCUT2D eigenvalue weighted by molar-refractivity contribution is -0.230. The number of allylic oxidation sites excluding steroid dienone is 1. The number of rotatable bonds is 4. The number of aliphatic hydroxyl groups is 4. The Morgan fingerprint density at radius 2 is 2.08 bits per heavy atom. The van der Waals surface area contributed by atoms with Crippen LogP contribution in [0.2, 0.25) is 0 Å². The van der Waals surface area contributed by atoms with Gasteiger partial charge in [0.25, 0.3) is 17.5 Å². The largest absolute Gasteiger partial charge is 0.411 e. The van der Waals surface area contributed by atoms with Crippen LogP contribution in [0, 0.1) is 0 Å². The molecule has 4 atom stereocenters. The predicted molar refractivity (Wildman–Crippen MR) is 76.6 cm³/mol. The summed E-state index contributed by atoms with van der Waals surface area (Å²) >= 11 is 0. The number of piperazine rings is 1. The van der Waals surface area contributed by atoms with Gasteiger partial charge in [-0.3, -0.25) is 9.59 Å². The van der Waals surface area contributed by atoms with Crippen LogP contribution >= 0.6 is 0 Å². The van der Waals surface area contributed by atoms with E-state index in [9.17, 15) is 30.0 Å². The van der Waals surface area contributed by atoms with E-state index in [1.165, 1.54) is 0 Å². The van der Waals surface area contributed by atoms with Crippen molar-refractivity contribution in [3.8, 4) is 0 Å².